The van der Waals surface area contributed by atoms with Crippen molar-refractivity contribution in [3.8, 4) is 0 Å². The van der Waals surface area contributed by atoms with Crippen molar-refractivity contribution in [3.63, 3.8) is 0 Å². The highest BCUT2D eigenvalue weighted by Crippen LogP contribution is 2.23. The van der Waals surface area contributed by atoms with Gasteiger partial charge in [-0.1, -0.05) is 0 Å². The third-order valence-electron chi connectivity index (χ3n) is 2.85. The van der Waals surface area contributed by atoms with Crippen LogP contribution in [-0.4, -0.2) is 32.0 Å². The van der Waals surface area contributed by atoms with Gasteiger partial charge in [0, 0.05) is 19.8 Å². The van der Waals surface area contributed by atoms with Gasteiger partial charge in [0.15, 0.2) is 0 Å². The third-order valence-corrected chi connectivity index (χ3v) is 2.85. The van der Waals surface area contributed by atoms with Crippen molar-refractivity contribution in [1.29, 1.82) is 0 Å². The van der Waals surface area contributed by atoms with Crippen LogP contribution in [0.15, 0.2) is 0 Å². The molecule has 2 atom stereocenters. The van der Waals surface area contributed by atoms with E-state index in [2.05, 4.69) is 13.8 Å². The molecule has 1 saturated heterocycles. The summed E-state index contributed by atoms with van der Waals surface area (Å²) in [6, 6.07) is 0.206. The predicted molar refractivity (Wildman–Crippen MR) is 52.6 cm³/mol. The van der Waals surface area contributed by atoms with Crippen LogP contribution in [0.3, 0.4) is 0 Å². The molecule has 0 aromatic rings. The van der Waals surface area contributed by atoms with Gasteiger partial charge in [0.1, 0.15) is 0 Å². The minimum atomic E-state index is -0.109. The highest BCUT2D eigenvalue weighted by Gasteiger charge is 2.28. The molecule has 1 aliphatic rings. The molecule has 0 saturated carbocycles. The molecule has 0 amide bonds. The lowest BCUT2D eigenvalue weighted by atomic mass is 9.90. The number of hydrogen-bond donors (Lipinski definition) is 1. The maximum Gasteiger partial charge on any atom is 0.0637 e. The molecule has 0 aromatic heterocycles. The number of ether oxygens (including phenoxy) is 2. The van der Waals surface area contributed by atoms with E-state index in [1.165, 1.54) is 0 Å². The average Bonchev–Trinajstić information content (AvgIpc) is 2.55. The predicted octanol–water partition coefficient (Wildman–Crippen LogP) is 1.17. The van der Waals surface area contributed by atoms with E-state index < -0.39 is 0 Å². The molecule has 3 nitrogen and oxygen atoms in total. The number of hydrogen-bond acceptors (Lipinski definition) is 3. The molecule has 0 aromatic carbocycles. The van der Waals surface area contributed by atoms with Gasteiger partial charge < -0.3 is 15.2 Å². The number of methoxy groups -OCH3 is 1. The Labute approximate surface area is 80.6 Å². The zero-order valence-electron chi connectivity index (χ0n) is 8.88. The maximum atomic E-state index is 6.08. The molecule has 2 N–H and O–H groups in total. The van der Waals surface area contributed by atoms with Crippen molar-refractivity contribution >= 4 is 0 Å². The Morgan fingerprint density at radius 2 is 2.31 bits per heavy atom. The van der Waals surface area contributed by atoms with E-state index in [9.17, 15) is 0 Å². The SMILES string of the molecule is COC(C)(C)CC(N)C1CCOC1. The summed E-state index contributed by atoms with van der Waals surface area (Å²) in [5.74, 6) is 0.523. The van der Waals surface area contributed by atoms with Crippen LogP contribution < -0.4 is 5.73 Å². The number of rotatable bonds is 4. The second-order valence-electron chi connectivity index (χ2n) is 4.46. The summed E-state index contributed by atoms with van der Waals surface area (Å²) in [6.07, 6.45) is 2.00. The maximum absolute atomic E-state index is 6.08. The molecule has 13 heavy (non-hydrogen) atoms. The van der Waals surface area contributed by atoms with E-state index in [0.717, 1.165) is 26.1 Å². The van der Waals surface area contributed by atoms with Gasteiger partial charge in [-0.3, -0.25) is 0 Å². The molecule has 78 valence electrons. The first-order chi connectivity index (χ1) is 6.05. The van der Waals surface area contributed by atoms with E-state index in [1.54, 1.807) is 7.11 Å². The van der Waals surface area contributed by atoms with Crippen LogP contribution in [0.4, 0.5) is 0 Å². The molecule has 1 rings (SSSR count). The summed E-state index contributed by atoms with van der Waals surface area (Å²) in [6.45, 7) is 5.83. The van der Waals surface area contributed by atoms with Gasteiger partial charge in [-0.25, -0.2) is 0 Å². The van der Waals surface area contributed by atoms with Gasteiger partial charge in [0.2, 0.25) is 0 Å². The van der Waals surface area contributed by atoms with E-state index in [-0.39, 0.29) is 11.6 Å². The zero-order valence-corrected chi connectivity index (χ0v) is 8.88. The molecule has 0 aliphatic carbocycles. The third kappa shape index (κ3) is 3.25. The molecule has 0 spiro atoms. The first-order valence-electron chi connectivity index (χ1n) is 4.93. The Bertz CT molecular complexity index is 153. The Morgan fingerprint density at radius 3 is 2.77 bits per heavy atom. The van der Waals surface area contributed by atoms with Gasteiger partial charge in [-0.05, 0) is 32.6 Å². The molecule has 1 heterocycles. The lowest BCUT2D eigenvalue weighted by Gasteiger charge is -2.28. The minimum absolute atomic E-state index is 0.109. The highest BCUT2D eigenvalue weighted by atomic mass is 16.5. The van der Waals surface area contributed by atoms with E-state index >= 15 is 0 Å². The summed E-state index contributed by atoms with van der Waals surface area (Å²) in [5, 5.41) is 0. The highest BCUT2D eigenvalue weighted by molar-refractivity contribution is 4.82. The Balaban J connectivity index is 2.35. The summed E-state index contributed by atoms with van der Waals surface area (Å²) in [7, 11) is 1.73. The van der Waals surface area contributed by atoms with Crippen LogP contribution in [0.5, 0.6) is 0 Å². The summed E-state index contributed by atoms with van der Waals surface area (Å²) < 4.78 is 10.7. The van der Waals surface area contributed by atoms with Crippen LogP contribution in [-0.2, 0) is 9.47 Å². The average molecular weight is 187 g/mol. The summed E-state index contributed by atoms with van der Waals surface area (Å²) >= 11 is 0. The lowest BCUT2D eigenvalue weighted by molar-refractivity contribution is 0.00502. The molecule has 2 unspecified atom stereocenters. The van der Waals surface area contributed by atoms with Gasteiger partial charge in [0.25, 0.3) is 0 Å². The normalized spacial score (nSPS) is 26.3. The van der Waals surface area contributed by atoms with Crippen LogP contribution in [0.2, 0.25) is 0 Å². The fourth-order valence-corrected chi connectivity index (χ4v) is 1.71. The largest absolute Gasteiger partial charge is 0.381 e. The molecule has 3 heteroatoms. The van der Waals surface area contributed by atoms with Crippen molar-refractivity contribution in [3.05, 3.63) is 0 Å². The van der Waals surface area contributed by atoms with Crippen molar-refractivity contribution in [1.82, 2.24) is 0 Å². The fraction of sp³-hybridized carbons (Fsp3) is 1.00. The molecule has 1 aliphatic heterocycles. The van der Waals surface area contributed by atoms with Crippen LogP contribution in [0.1, 0.15) is 26.7 Å². The Morgan fingerprint density at radius 1 is 1.62 bits per heavy atom. The van der Waals surface area contributed by atoms with E-state index in [4.69, 9.17) is 15.2 Å². The van der Waals surface area contributed by atoms with Crippen molar-refractivity contribution in [2.75, 3.05) is 20.3 Å². The quantitative estimate of drug-likeness (QED) is 0.718. The van der Waals surface area contributed by atoms with Crippen LogP contribution in [0.25, 0.3) is 0 Å². The van der Waals surface area contributed by atoms with E-state index in [1.807, 2.05) is 0 Å². The lowest BCUT2D eigenvalue weighted by Crippen LogP contribution is -2.38. The minimum Gasteiger partial charge on any atom is -0.381 e. The zero-order chi connectivity index (χ0) is 9.90. The second kappa shape index (κ2) is 4.40. The first kappa shape index (κ1) is 11.0. The molecule has 0 bridgehead atoms. The number of nitrogens with two attached hydrogens (primary N) is 1. The van der Waals surface area contributed by atoms with Crippen LogP contribution in [0, 0.1) is 5.92 Å². The van der Waals surface area contributed by atoms with Crippen molar-refractivity contribution < 1.29 is 9.47 Å². The smallest absolute Gasteiger partial charge is 0.0637 e. The Kier molecular flexibility index (Phi) is 3.71. The fourth-order valence-electron chi connectivity index (χ4n) is 1.71. The van der Waals surface area contributed by atoms with Crippen molar-refractivity contribution in [2.24, 2.45) is 11.7 Å². The topological polar surface area (TPSA) is 44.5 Å². The molecular weight excluding hydrogens is 166 g/mol. The van der Waals surface area contributed by atoms with E-state index in [0.29, 0.717) is 5.92 Å². The Hall–Kier alpha value is -0.120. The first-order valence-corrected chi connectivity index (χ1v) is 4.93. The summed E-state index contributed by atoms with van der Waals surface area (Å²) in [5.41, 5.74) is 5.97. The van der Waals surface area contributed by atoms with Gasteiger partial charge in [-0.2, -0.15) is 0 Å². The van der Waals surface area contributed by atoms with Crippen molar-refractivity contribution in [2.45, 2.75) is 38.3 Å². The molecule has 1 fully saturated rings. The van der Waals surface area contributed by atoms with Gasteiger partial charge in [-0.15, -0.1) is 0 Å². The molecule has 0 radical (unpaired) electrons. The van der Waals surface area contributed by atoms with Crippen LogP contribution >= 0.6 is 0 Å². The van der Waals surface area contributed by atoms with Gasteiger partial charge >= 0.3 is 0 Å². The van der Waals surface area contributed by atoms with Gasteiger partial charge in [0.05, 0.1) is 12.2 Å². The summed E-state index contributed by atoms with van der Waals surface area (Å²) in [4.78, 5) is 0. The second-order valence-corrected chi connectivity index (χ2v) is 4.46. The standard InChI is InChI=1S/C10H21NO2/c1-10(2,12-3)6-9(11)8-4-5-13-7-8/h8-9H,4-7,11H2,1-3H3. The monoisotopic (exact) mass is 187 g/mol. The molecular formula is C10H21NO2.